The summed E-state index contributed by atoms with van der Waals surface area (Å²) in [5, 5.41) is 17.5. The molecule has 2 N–H and O–H groups in total. The molecular weight excluding hydrogens is 344 g/mol. The Morgan fingerprint density at radius 2 is 2.04 bits per heavy atom. The molecule has 0 saturated heterocycles. The van der Waals surface area contributed by atoms with E-state index < -0.39 is 18.1 Å². The molecule has 0 fully saturated rings. The molecule has 0 bridgehead atoms. The van der Waals surface area contributed by atoms with Crippen molar-refractivity contribution in [2.75, 3.05) is 4.90 Å². The van der Waals surface area contributed by atoms with Gasteiger partial charge >= 0.3 is 12.0 Å². The summed E-state index contributed by atoms with van der Waals surface area (Å²) in [6.07, 6.45) is -5.04. The molecular formula is C18H15F2N3O3. The van der Waals surface area contributed by atoms with E-state index in [1.165, 1.54) is 19.1 Å². The van der Waals surface area contributed by atoms with Crippen molar-refractivity contribution < 1.29 is 23.4 Å². The second-order valence-electron chi connectivity index (χ2n) is 6.10. The number of carbonyl (C=O) groups is 1. The summed E-state index contributed by atoms with van der Waals surface area (Å²) >= 11 is 0. The number of nitrogens with one attached hydrogen (secondary N) is 1. The Balaban J connectivity index is 1.83. The molecule has 0 spiro atoms. The van der Waals surface area contributed by atoms with Crippen LogP contribution in [-0.2, 0) is 11.3 Å². The number of amides is 1. The average molecular weight is 359 g/mol. The number of para-hydroxylation sites is 2. The monoisotopic (exact) mass is 359 g/mol. The maximum absolute atomic E-state index is 14.2. The molecule has 4 rings (SSSR count). The second kappa shape index (κ2) is 5.77. The normalized spacial score (nSPS) is 17.1. The van der Waals surface area contributed by atoms with Gasteiger partial charge in [0.2, 0.25) is 0 Å². The zero-order valence-electron chi connectivity index (χ0n) is 13.7. The molecule has 134 valence electrons. The molecule has 1 amide bonds. The Morgan fingerprint density at radius 3 is 2.81 bits per heavy atom. The highest BCUT2D eigenvalue weighted by Gasteiger charge is 2.51. The number of aliphatic hydroxyl groups excluding tert-OH is 1. The first-order chi connectivity index (χ1) is 12.4. The molecule has 0 saturated carbocycles. The zero-order chi connectivity index (χ0) is 18.5. The first-order valence-corrected chi connectivity index (χ1v) is 8.00. The van der Waals surface area contributed by atoms with Crippen LogP contribution >= 0.6 is 0 Å². The van der Waals surface area contributed by atoms with Crippen LogP contribution in [0, 0.1) is 0 Å². The summed E-state index contributed by atoms with van der Waals surface area (Å²) in [5.41, 5.74) is 1.57. The van der Waals surface area contributed by atoms with Crippen LogP contribution in [0.3, 0.4) is 0 Å². The molecule has 2 aromatic carbocycles. The number of aromatic nitrogens is 2. The van der Waals surface area contributed by atoms with Gasteiger partial charge in [-0.15, -0.1) is 0 Å². The van der Waals surface area contributed by atoms with Gasteiger partial charge in [0.25, 0.3) is 0 Å². The number of halogens is 2. The standard InChI is InChI=1S/C18H15F2N3O3/c1-10(24)11-6-4-8-15-16(11)26-18(19,20)17(25)23(15)9-14-12-5-2-3-7-13(12)21-22-14/h2-8,10,24H,9H2,1H3,(H,21,22)/t10-/m0/s1. The van der Waals surface area contributed by atoms with Crippen LogP contribution in [0.1, 0.15) is 24.3 Å². The minimum absolute atomic E-state index is 0.130. The number of aliphatic hydroxyl groups is 1. The van der Waals surface area contributed by atoms with Crippen LogP contribution in [0.25, 0.3) is 10.9 Å². The van der Waals surface area contributed by atoms with Gasteiger partial charge in [-0.3, -0.25) is 14.8 Å². The maximum Gasteiger partial charge on any atom is 0.483 e. The Morgan fingerprint density at radius 1 is 1.27 bits per heavy atom. The van der Waals surface area contributed by atoms with Crippen LogP contribution in [0.2, 0.25) is 0 Å². The van der Waals surface area contributed by atoms with Crippen molar-refractivity contribution in [1.82, 2.24) is 10.2 Å². The number of alkyl halides is 2. The van der Waals surface area contributed by atoms with Gasteiger partial charge in [-0.1, -0.05) is 30.3 Å². The maximum atomic E-state index is 14.2. The summed E-state index contributed by atoms with van der Waals surface area (Å²) in [7, 11) is 0. The molecule has 2 heterocycles. The third-order valence-electron chi connectivity index (χ3n) is 4.35. The molecule has 1 atom stereocenters. The number of carbonyl (C=O) groups excluding carboxylic acids is 1. The van der Waals surface area contributed by atoms with Crippen molar-refractivity contribution in [1.29, 1.82) is 0 Å². The first kappa shape index (κ1) is 16.5. The van der Waals surface area contributed by atoms with Crippen molar-refractivity contribution in [2.24, 2.45) is 0 Å². The number of rotatable bonds is 3. The topological polar surface area (TPSA) is 78.5 Å². The van der Waals surface area contributed by atoms with Gasteiger partial charge in [-0.25, -0.2) is 0 Å². The van der Waals surface area contributed by atoms with E-state index in [4.69, 9.17) is 0 Å². The number of nitrogens with zero attached hydrogens (tertiary/aromatic N) is 2. The van der Waals surface area contributed by atoms with E-state index in [1.54, 1.807) is 24.3 Å². The molecule has 1 aliphatic rings. The van der Waals surface area contributed by atoms with Gasteiger partial charge in [0.15, 0.2) is 5.75 Å². The number of aromatic amines is 1. The fraction of sp³-hybridized carbons (Fsp3) is 0.222. The highest BCUT2D eigenvalue weighted by molar-refractivity contribution is 6.01. The van der Waals surface area contributed by atoms with Crippen LogP contribution in [0.5, 0.6) is 5.75 Å². The van der Waals surface area contributed by atoms with Crippen molar-refractivity contribution >= 4 is 22.5 Å². The molecule has 26 heavy (non-hydrogen) atoms. The van der Waals surface area contributed by atoms with E-state index in [2.05, 4.69) is 14.9 Å². The third-order valence-corrected chi connectivity index (χ3v) is 4.35. The molecule has 0 unspecified atom stereocenters. The summed E-state index contributed by atoms with van der Waals surface area (Å²) in [6, 6.07) is 11.8. The minimum atomic E-state index is -4.02. The number of fused-ring (bicyclic) bond motifs is 2. The molecule has 3 aromatic rings. The van der Waals surface area contributed by atoms with Crippen molar-refractivity contribution in [3.05, 3.63) is 53.7 Å². The number of ether oxygens (including phenoxy) is 1. The Hall–Kier alpha value is -3.00. The average Bonchev–Trinajstić information content (AvgIpc) is 3.01. The van der Waals surface area contributed by atoms with E-state index in [0.29, 0.717) is 11.2 Å². The van der Waals surface area contributed by atoms with Crippen molar-refractivity contribution in [3.63, 3.8) is 0 Å². The Labute approximate surface area is 147 Å². The number of H-pyrrole nitrogens is 1. The van der Waals surface area contributed by atoms with E-state index in [0.717, 1.165) is 10.3 Å². The summed E-state index contributed by atoms with van der Waals surface area (Å²) in [5.74, 6) is -1.66. The largest absolute Gasteiger partial charge is 0.483 e. The van der Waals surface area contributed by atoms with Gasteiger partial charge in [-0.2, -0.15) is 13.9 Å². The molecule has 8 heteroatoms. The zero-order valence-corrected chi connectivity index (χ0v) is 13.7. The molecule has 1 aliphatic heterocycles. The first-order valence-electron chi connectivity index (χ1n) is 8.00. The summed E-state index contributed by atoms with van der Waals surface area (Å²) < 4.78 is 33.0. The lowest BCUT2D eigenvalue weighted by Gasteiger charge is -2.34. The van der Waals surface area contributed by atoms with E-state index >= 15 is 0 Å². The predicted molar refractivity (Wildman–Crippen MR) is 89.9 cm³/mol. The fourth-order valence-corrected chi connectivity index (χ4v) is 3.08. The van der Waals surface area contributed by atoms with Crippen molar-refractivity contribution in [2.45, 2.75) is 25.7 Å². The van der Waals surface area contributed by atoms with E-state index in [-0.39, 0.29) is 23.5 Å². The SMILES string of the molecule is C[C@H](O)c1cccc2c1OC(F)(F)C(=O)N2Cc1[nH]nc2ccccc12. The fourth-order valence-electron chi connectivity index (χ4n) is 3.08. The van der Waals surface area contributed by atoms with Crippen LogP contribution in [0.4, 0.5) is 14.5 Å². The lowest BCUT2D eigenvalue weighted by molar-refractivity contribution is -0.193. The second-order valence-corrected chi connectivity index (χ2v) is 6.10. The van der Waals surface area contributed by atoms with Crippen molar-refractivity contribution in [3.8, 4) is 5.75 Å². The third kappa shape index (κ3) is 2.50. The lowest BCUT2D eigenvalue weighted by atomic mass is 10.1. The van der Waals surface area contributed by atoms with Gasteiger partial charge in [-0.05, 0) is 19.1 Å². The molecule has 0 aliphatic carbocycles. The highest BCUT2D eigenvalue weighted by Crippen LogP contribution is 2.44. The van der Waals surface area contributed by atoms with Crippen LogP contribution in [-0.4, -0.2) is 27.3 Å². The van der Waals surface area contributed by atoms with Gasteiger partial charge in [0, 0.05) is 10.9 Å². The van der Waals surface area contributed by atoms with E-state index in [9.17, 15) is 18.7 Å². The Bertz CT molecular complexity index is 1000. The lowest BCUT2D eigenvalue weighted by Crippen LogP contribution is -2.50. The molecule has 1 aromatic heterocycles. The predicted octanol–water partition coefficient (Wildman–Crippen LogP) is 3.13. The Kier molecular flexibility index (Phi) is 3.66. The van der Waals surface area contributed by atoms with Gasteiger partial charge in [0.1, 0.15) is 0 Å². The minimum Gasteiger partial charge on any atom is -0.423 e. The van der Waals surface area contributed by atoms with E-state index in [1.807, 2.05) is 6.07 Å². The number of hydrogen-bond acceptors (Lipinski definition) is 4. The van der Waals surface area contributed by atoms with Gasteiger partial charge < -0.3 is 9.84 Å². The highest BCUT2D eigenvalue weighted by atomic mass is 19.3. The number of anilines is 1. The number of hydrogen-bond donors (Lipinski definition) is 2. The smallest absolute Gasteiger partial charge is 0.423 e. The molecule has 0 radical (unpaired) electrons. The number of benzene rings is 2. The molecule has 6 nitrogen and oxygen atoms in total. The summed E-state index contributed by atoms with van der Waals surface area (Å²) in [6.45, 7) is 1.31. The van der Waals surface area contributed by atoms with Crippen LogP contribution < -0.4 is 9.64 Å². The van der Waals surface area contributed by atoms with Crippen LogP contribution in [0.15, 0.2) is 42.5 Å². The summed E-state index contributed by atoms with van der Waals surface area (Å²) in [4.78, 5) is 13.3. The van der Waals surface area contributed by atoms with Gasteiger partial charge in [0.05, 0.1) is 29.5 Å². The quantitative estimate of drug-likeness (QED) is 0.753.